The molecule has 3 rings (SSSR count). The molecule has 3 heterocycles. The first-order valence-electron chi connectivity index (χ1n) is 9.34. The summed E-state index contributed by atoms with van der Waals surface area (Å²) in [4.78, 5) is 23.1. The minimum Gasteiger partial charge on any atom is -0.444 e. The van der Waals surface area contributed by atoms with Crippen molar-refractivity contribution >= 4 is 21.9 Å². The summed E-state index contributed by atoms with van der Waals surface area (Å²) >= 11 is 0. The molecule has 0 spiro atoms. The molecule has 0 radical (unpaired) electrons. The third kappa shape index (κ3) is 5.09. The molecule has 0 unspecified atom stereocenters. The molecule has 2 aliphatic heterocycles. The quantitative estimate of drug-likeness (QED) is 0.817. The Morgan fingerprint density at radius 1 is 1.30 bits per heavy atom. The van der Waals surface area contributed by atoms with E-state index >= 15 is 0 Å². The maximum Gasteiger partial charge on any atom is 0.410 e. The van der Waals surface area contributed by atoms with Crippen LogP contribution in [-0.2, 0) is 27.5 Å². The lowest BCUT2D eigenvalue weighted by Gasteiger charge is -2.35. The van der Waals surface area contributed by atoms with Gasteiger partial charge in [0.25, 0.3) is 0 Å². The molecule has 0 aliphatic carbocycles. The molecular formula is C18H28N4O4S. The molecule has 150 valence electrons. The normalized spacial score (nSPS) is 22.8. The van der Waals surface area contributed by atoms with Crippen molar-refractivity contribution < 1.29 is 17.9 Å². The summed E-state index contributed by atoms with van der Waals surface area (Å²) in [5, 5.41) is 3.24. The summed E-state index contributed by atoms with van der Waals surface area (Å²) < 4.78 is 28.6. The van der Waals surface area contributed by atoms with Crippen LogP contribution in [0.4, 0.5) is 10.7 Å². The van der Waals surface area contributed by atoms with Gasteiger partial charge in [0.05, 0.1) is 23.7 Å². The number of carbonyl (C=O) groups is 1. The van der Waals surface area contributed by atoms with Gasteiger partial charge in [0.2, 0.25) is 5.95 Å². The summed E-state index contributed by atoms with van der Waals surface area (Å²) in [6, 6.07) is 0.0642. The second-order valence-corrected chi connectivity index (χ2v) is 10.7. The van der Waals surface area contributed by atoms with E-state index in [0.717, 1.165) is 11.3 Å². The highest BCUT2D eigenvalue weighted by molar-refractivity contribution is 7.91. The van der Waals surface area contributed by atoms with Gasteiger partial charge in [0.15, 0.2) is 0 Å². The van der Waals surface area contributed by atoms with Crippen LogP contribution in [0.25, 0.3) is 0 Å². The molecule has 27 heavy (non-hydrogen) atoms. The Bertz CT molecular complexity index is 805. The molecule has 0 saturated carbocycles. The first-order chi connectivity index (χ1) is 12.5. The number of rotatable bonds is 2. The Morgan fingerprint density at radius 3 is 2.59 bits per heavy atom. The number of nitrogens with zero attached hydrogens (tertiary/aromatic N) is 3. The average molecular weight is 397 g/mol. The number of anilines is 1. The van der Waals surface area contributed by atoms with Gasteiger partial charge in [0, 0.05) is 18.3 Å². The molecule has 8 nitrogen and oxygen atoms in total. The number of sulfone groups is 1. The number of fused-ring (bicyclic) bond motifs is 1. The molecule has 2 aliphatic rings. The number of hydrogen-bond donors (Lipinski definition) is 1. The maximum atomic E-state index is 12.5. The van der Waals surface area contributed by atoms with Crippen molar-refractivity contribution in [3.63, 3.8) is 0 Å². The van der Waals surface area contributed by atoms with E-state index in [1.54, 1.807) is 11.1 Å². The van der Waals surface area contributed by atoms with Crippen LogP contribution in [0.5, 0.6) is 0 Å². The van der Waals surface area contributed by atoms with Gasteiger partial charge in [-0.1, -0.05) is 0 Å². The number of aromatic nitrogens is 2. The van der Waals surface area contributed by atoms with Crippen LogP contribution in [-0.4, -0.2) is 58.6 Å². The predicted molar refractivity (Wildman–Crippen MR) is 102 cm³/mol. The van der Waals surface area contributed by atoms with Crippen molar-refractivity contribution in [3.8, 4) is 0 Å². The molecule has 1 amide bonds. The van der Waals surface area contributed by atoms with Gasteiger partial charge >= 0.3 is 6.09 Å². The molecular weight excluding hydrogens is 368 g/mol. The first-order valence-corrected chi connectivity index (χ1v) is 11.2. The van der Waals surface area contributed by atoms with Crippen LogP contribution in [0.2, 0.25) is 0 Å². The van der Waals surface area contributed by atoms with E-state index in [4.69, 9.17) is 4.74 Å². The highest BCUT2D eigenvalue weighted by Gasteiger charge is 2.32. The fourth-order valence-electron chi connectivity index (χ4n) is 3.35. The molecule has 9 heteroatoms. The van der Waals surface area contributed by atoms with Gasteiger partial charge in [-0.15, -0.1) is 0 Å². The fraction of sp³-hybridized carbons (Fsp3) is 0.722. The Morgan fingerprint density at radius 2 is 1.96 bits per heavy atom. The highest BCUT2D eigenvalue weighted by atomic mass is 32.2. The van der Waals surface area contributed by atoms with Gasteiger partial charge in [-0.2, -0.15) is 0 Å². The highest BCUT2D eigenvalue weighted by Crippen LogP contribution is 2.25. The van der Waals surface area contributed by atoms with Crippen molar-refractivity contribution in [2.45, 2.75) is 71.2 Å². The first kappa shape index (κ1) is 19.9. The summed E-state index contributed by atoms with van der Waals surface area (Å²) in [5.74, 6) is 0.871. The monoisotopic (exact) mass is 396 g/mol. The lowest BCUT2D eigenvalue weighted by atomic mass is 10.0. The SMILES string of the molecule is C[C@@H]1Cc2cnc(NC3CCS(=O)(=O)CC3)nc2CN1C(=O)OC(C)(C)C. The standard InChI is InChI=1S/C18H28N4O4S/c1-12-9-13-10-19-16(20-14-5-7-27(24,25)8-6-14)21-15(13)11-22(12)17(23)26-18(2,3)4/h10,12,14H,5-9,11H2,1-4H3,(H,19,20,21)/t12-/m1/s1. The maximum absolute atomic E-state index is 12.5. The summed E-state index contributed by atoms with van der Waals surface area (Å²) in [6.07, 6.45) is 3.25. The number of nitrogens with one attached hydrogen (secondary N) is 1. The zero-order chi connectivity index (χ0) is 19.8. The van der Waals surface area contributed by atoms with Crippen LogP contribution in [0, 0.1) is 0 Å². The zero-order valence-electron chi connectivity index (χ0n) is 16.4. The van der Waals surface area contributed by atoms with Crippen molar-refractivity contribution in [3.05, 3.63) is 17.5 Å². The fourth-order valence-corrected chi connectivity index (χ4v) is 4.84. The van der Waals surface area contributed by atoms with Crippen molar-refractivity contribution in [1.82, 2.24) is 14.9 Å². The third-order valence-corrected chi connectivity index (χ3v) is 6.55. The summed E-state index contributed by atoms with van der Waals surface area (Å²) in [5.41, 5.74) is 1.29. The second-order valence-electron chi connectivity index (χ2n) is 8.40. The Hall–Kier alpha value is -1.90. The minimum atomic E-state index is -2.90. The van der Waals surface area contributed by atoms with Crippen molar-refractivity contribution in [2.24, 2.45) is 0 Å². The van der Waals surface area contributed by atoms with E-state index in [9.17, 15) is 13.2 Å². The summed E-state index contributed by atoms with van der Waals surface area (Å²) in [6.45, 7) is 7.91. The van der Waals surface area contributed by atoms with Gasteiger partial charge in [0.1, 0.15) is 15.4 Å². The zero-order valence-corrected chi connectivity index (χ0v) is 17.2. The Kier molecular flexibility index (Phi) is 5.33. The molecule has 1 atom stereocenters. The smallest absolute Gasteiger partial charge is 0.410 e. The molecule has 1 N–H and O–H groups in total. The average Bonchev–Trinajstić information content (AvgIpc) is 2.55. The predicted octanol–water partition coefficient (Wildman–Crippen LogP) is 2.15. The van der Waals surface area contributed by atoms with E-state index in [0.29, 0.717) is 31.8 Å². The minimum absolute atomic E-state index is 0.0123. The van der Waals surface area contributed by atoms with Crippen LogP contribution in [0.1, 0.15) is 51.8 Å². The molecule has 0 bridgehead atoms. The number of hydrogen-bond acceptors (Lipinski definition) is 7. The Labute approximate surface area is 160 Å². The van der Waals surface area contributed by atoms with Crippen LogP contribution in [0.3, 0.4) is 0 Å². The molecule has 1 aromatic heterocycles. The van der Waals surface area contributed by atoms with Crippen molar-refractivity contribution in [2.75, 3.05) is 16.8 Å². The van der Waals surface area contributed by atoms with Gasteiger partial charge in [-0.25, -0.2) is 23.2 Å². The molecule has 1 aromatic rings. The lowest BCUT2D eigenvalue weighted by Crippen LogP contribution is -2.45. The molecule has 0 aromatic carbocycles. The van der Waals surface area contributed by atoms with E-state index in [2.05, 4.69) is 15.3 Å². The largest absolute Gasteiger partial charge is 0.444 e. The van der Waals surface area contributed by atoms with Gasteiger partial charge < -0.3 is 10.1 Å². The van der Waals surface area contributed by atoms with E-state index in [1.165, 1.54) is 0 Å². The van der Waals surface area contributed by atoms with E-state index in [1.807, 2.05) is 27.7 Å². The molecule has 1 fully saturated rings. The third-order valence-electron chi connectivity index (χ3n) is 4.84. The van der Waals surface area contributed by atoms with Crippen LogP contribution >= 0.6 is 0 Å². The number of amides is 1. The number of carbonyl (C=O) groups excluding carboxylic acids is 1. The molecule has 1 saturated heterocycles. The van der Waals surface area contributed by atoms with E-state index < -0.39 is 15.4 Å². The number of ether oxygens (including phenoxy) is 1. The van der Waals surface area contributed by atoms with E-state index in [-0.39, 0.29) is 29.7 Å². The van der Waals surface area contributed by atoms with Gasteiger partial charge in [-0.05, 0) is 52.5 Å². The van der Waals surface area contributed by atoms with Crippen LogP contribution < -0.4 is 5.32 Å². The topological polar surface area (TPSA) is 101 Å². The van der Waals surface area contributed by atoms with Gasteiger partial charge in [-0.3, -0.25) is 4.90 Å². The van der Waals surface area contributed by atoms with Crippen LogP contribution in [0.15, 0.2) is 6.20 Å². The lowest BCUT2D eigenvalue weighted by molar-refractivity contribution is 0.0134. The second kappa shape index (κ2) is 7.26. The Balaban J connectivity index is 1.70. The van der Waals surface area contributed by atoms with Crippen molar-refractivity contribution in [1.29, 1.82) is 0 Å². The summed E-state index contributed by atoms with van der Waals surface area (Å²) in [7, 11) is -2.90.